The van der Waals surface area contributed by atoms with Crippen LogP contribution in [0.3, 0.4) is 0 Å². The van der Waals surface area contributed by atoms with E-state index in [0.717, 1.165) is 36.9 Å². The summed E-state index contributed by atoms with van der Waals surface area (Å²) in [4.78, 5) is 26.5. The van der Waals surface area contributed by atoms with Crippen LogP contribution in [0.5, 0.6) is 0 Å². The van der Waals surface area contributed by atoms with E-state index in [1.807, 2.05) is 11.0 Å². The molecule has 0 saturated heterocycles. The first-order valence-corrected chi connectivity index (χ1v) is 9.80. The number of anilines is 1. The van der Waals surface area contributed by atoms with Gasteiger partial charge in [-0.05, 0) is 67.3 Å². The molecule has 4 fully saturated rings. The van der Waals surface area contributed by atoms with E-state index >= 15 is 0 Å². The molecule has 2 atom stereocenters. The average Bonchev–Trinajstić information content (AvgIpc) is 2.93. The molecule has 4 bridgehead atoms. The maximum absolute atomic E-state index is 13.8. The van der Waals surface area contributed by atoms with Crippen molar-refractivity contribution in [2.75, 3.05) is 11.4 Å². The highest BCUT2D eigenvalue weighted by atomic mass is 16.6. The highest BCUT2D eigenvalue weighted by Gasteiger charge is 2.63. The fourth-order valence-corrected chi connectivity index (χ4v) is 7.66. The Balaban J connectivity index is 1.52. The van der Waals surface area contributed by atoms with Crippen LogP contribution >= 0.6 is 0 Å². The first-order chi connectivity index (χ1) is 12.2. The summed E-state index contributed by atoms with van der Waals surface area (Å²) in [5, 5.41) is 11.2. The molecule has 5 aliphatic rings. The summed E-state index contributed by atoms with van der Waals surface area (Å²) >= 11 is 0. The quantitative estimate of drug-likeness (QED) is 0.581. The SMILES string of the molecule is CC12CC3CC(C)(C1)CC(C(=O)N1CCc4ccc([N+](=O)[O-])cc41)(C3)C2. The van der Waals surface area contributed by atoms with Crippen molar-refractivity contribution < 1.29 is 9.72 Å². The molecular formula is C21H26N2O3. The molecule has 6 rings (SSSR count). The van der Waals surface area contributed by atoms with Gasteiger partial charge in [-0.2, -0.15) is 0 Å². The molecule has 1 amide bonds. The predicted molar refractivity (Wildman–Crippen MR) is 99.0 cm³/mol. The fraction of sp³-hybridized carbons (Fsp3) is 0.667. The van der Waals surface area contributed by atoms with Crippen molar-refractivity contribution >= 4 is 17.3 Å². The van der Waals surface area contributed by atoms with E-state index in [9.17, 15) is 14.9 Å². The molecule has 0 N–H and O–H groups in total. The Labute approximate surface area is 153 Å². The second-order valence-electron chi connectivity index (χ2n) is 10.2. The maximum Gasteiger partial charge on any atom is 0.271 e. The minimum atomic E-state index is -0.367. The molecule has 2 unspecified atom stereocenters. The molecule has 4 saturated carbocycles. The van der Waals surface area contributed by atoms with Crippen LogP contribution in [0, 0.1) is 32.3 Å². The Hall–Kier alpha value is -1.91. The third-order valence-corrected chi connectivity index (χ3v) is 7.50. The molecule has 4 aliphatic carbocycles. The lowest BCUT2D eigenvalue weighted by atomic mass is 9.40. The van der Waals surface area contributed by atoms with Crippen molar-refractivity contribution in [3.63, 3.8) is 0 Å². The summed E-state index contributed by atoms with van der Waals surface area (Å²) in [6, 6.07) is 4.98. The monoisotopic (exact) mass is 354 g/mol. The zero-order valence-corrected chi connectivity index (χ0v) is 15.6. The van der Waals surface area contributed by atoms with E-state index in [0.29, 0.717) is 12.5 Å². The summed E-state index contributed by atoms with van der Waals surface area (Å²) in [5.41, 5.74) is 2.23. The van der Waals surface area contributed by atoms with Crippen molar-refractivity contribution in [3.05, 3.63) is 33.9 Å². The van der Waals surface area contributed by atoms with Crippen LogP contribution in [-0.2, 0) is 11.2 Å². The molecule has 1 aromatic rings. The summed E-state index contributed by atoms with van der Waals surface area (Å²) in [6.07, 6.45) is 7.56. The molecule has 1 aliphatic heterocycles. The van der Waals surface area contributed by atoms with Gasteiger partial charge in [0.15, 0.2) is 0 Å². The molecule has 0 spiro atoms. The van der Waals surface area contributed by atoms with E-state index < -0.39 is 0 Å². The zero-order valence-electron chi connectivity index (χ0n) is 15.6. The molecule has 26 heavy (non-hydrogen) atoms. The summed E-state index contributed by atoms with van der Waals surface area (Å²) in [6.45, 7) is 5.41. The standard InChI is InChI=1S/C21H26N2O3/c1-19-8-14-9-20(2,11-19)13-21(10-14,12-19)18(24)22-6-5-15-3-4-16(23(25)26)7-17(15)22/h3-4,7,14H,5-6,8-13H2,1-2H3. The zero-order chi connectivity index (χ0) is 18.3. The van der Waals surface area contributed by atoms with E-state index in [-0.39, 0.29) is 32.8 Å². The number of hydrogen-bond acceptors (Lipinski definition) is 3. The van der Waals surface area contributed by atoms with Crippen LogP contribution in [0.2, 0.25) is 0 Å². The first-order valence-electron chi connectivity index (χ1n) is 9.80. The number of hydrogen-bond donors (Lipinski definition) is 0. The van der Waals surface area contributed by atoms with Crippen LogP contribution in [-0.4, -0.2) is 17.4 Å². The Bertz CT molecular complexity index is 815. The van der Waals surface area contributed by atoms with Gasteiger partial charge in [0.25, 0.3) is 5.69 Å². The van der Waals surface area contributed by atoms with Gasteiger partial charge in [-0.15, -0.1) is 0 Å². The number of benzene rings is 1. The van der Waals surface area contributed by atoms with Crippen molar-refractivity contribution in [2.24, 2.45) is 22.2 Å². The van der Waals surface area contributed by atoms with Crippen LogP contribution in [0.25, 0.3) is 0 Å². The molecule has 138 valence electrons. The molecule has 1 heterocycles. The molecule has 5 nitrogen and oxygen atoms in total. The van der Waals surface area contributed by atoms with Gasteiger partial charge < -0.3 is 4.90 Å². The van der Waals surface area contributed by atoms with Crippen molar-refractivity contribution in [3.8, 4) is 0 Å². The van der Waals surface area contributed by atoms with E-state index in [1.54, 1.807) is 12.1 Å². The van der Waals surface area contributed by atoms with Gasteiger partial charge in [-0.1, -0.05) is 19.9 Å². The van der Waals surface area contributed by atoms with E-state index in [1.165, 1.54) is 19.3 Å². The average molecular weight is 354 g/mol. The fourth-order valence-electron chi connectivity index (χ4n) is 7.66. The van der Waals surface area contributed by atoms with Crippen LogP contribution in [0.15, 0.2) is 18.2 Å². The Kier molecular flexibility index (Phi) is 3.05. The third-order valence-electron chi connectivity index (χ3n) is 7.50. The summed E-state index contributed by atoms with van der Waals surface area (Å²) in [7, 11) is 0. The number of nitro benzene ring substituents is 1. The minimum Gasteiger partial charge on any atom is -0.311 e. The van der Waals surface area contributed by atoms with E-state index in [2.05, 4.69) is 13.8 Å². The second-order valence-corrected chi connectivity index (χ2v) is 10.2. The number of carbonyl (C=O) groups excluding carboxylic acids is 1. The second kappa shape index (κ2) is 4.87. The lowest BCUT2D eigenvalue weighted by molar-refractivity contribution is -0.384. The number of fused-ring (bicyclic) bond motifs is 1. The maximum atomic E-state index is 13.8. The molecule has 1 aromatic carbocycles. The smallest absolute Gasteiger partial charge is 0.271 e. The van der Waals surface area contributed by atoms with Gasteiger partial charge in [0.1, 0.15) is 0 Å². The number of rotatable bonds is 2. The number of nitro groups is 1. The van der Waals surface area contributed by atoms with Crippen molar-refractivity contribution in [1.29, 1.82) is 0 Å². The van der Waals surface area contributed by atoms with Gasteiger partial charge in [-0.3, -0.25) is 14.9 Å². The Morgan fingerprint density at radius 3 is 2.46 bits per heavy atom. The highest BCUT2D eigenvalue weighted by molar-refractivity contribution is 6.00. The molecule has 0 radical (unpaired) electrons. The van der Waals surface area contributed by atoms with Gasteiger partial charge >= 0.3 is 0 Å². The normalized spacial score (nSPS) is 39.9. The molecule has 5 heteroatoms. The molecular weight excluding hydrogens is 328 g/mol. The lowest BCUT2D eigenvalue weighted by Gasteiger charge is -2.65. The predicted octanol–water partition coefficient (Wildman–Crippen LogP) is 4.48. The Morgan fingerprint density at radius 1 is 1.15 bits per heavy atom. The third kappa shape index (κ3) is 2.18. The van der Waals surface area contributed by atoms with Gasteiger partial charge in [0, 0.05) is 18.7 Å². The summed E-state index contributed by atoms with van der Waals surface area (Å²) in [5.74, 6) is 0.899. The topological polar surface area (TPSA) is 63.5 Å². The van der Waals surface area contributed by atoms with Gasteiger partial charge in [0.2, 0.25) is 5.91 Å². The van der Waals surface area contributed by atoms with Gasteiger partial charge in [0.05, 0.1) is 16.0 Å². The summed E-state index contributed by atoms with van der Waals surface area (Å²) < 4.78 is 0. The lowest BCUT2D eigenvalue weighted by Crippen LogP contribution is -2.60. The molecule has 0 aromatic heterocycles. The minimum absolute atomic E-state index is 0.0767. The Morgan fingerprint density at radius 2 is 1.85 bits per heavy atom. The number of nitrogens with zero attached hydrogens (tertiary/aromatic N) is 2. The van der Waals surface area contributed by atoms with Crippen molar-refractivity contribution in [2.45, 2.75) is 58.8 Å². The van der Waals surface area contributed by atoms with Crippen LogP contribution < -0.4 is 4.90 Å². The number of amides is 1. The highest BCUT2D eigenvalue weighted by Crippen LogP contribution is 2.70. The number of non-ortho nitro benzene ring substituents is 1. The van der Waals surface area contributed by atoms with E-state index in [4.69, 9.17) is 0 Å². The van der Waals surface area contributed by atoms with Crippen molar-refractivity contribution in [1.82, 2.24) is 0 Å². The largest absolute Gasteiger partial charge is 0.311 e. The van der Waals surface area contributed by atoms with Crippen LogP contribution in [0.1, 0.15) is 57.9 Å². The van der Waals surface area contributed by atoms with Gasteiger partial charge in [-0.25, -0.2) is 0 Å². The van der Waals surface area contributed by atoms with Crippen LogP contribution in [0.4, 0.5) is 11.4 Å². The first kappa shape index (κ1) is 16.3. The number of carbonyl (C=O) groups is 1.